The standard InChI is InChI=1S/C45H42O11/c1-4-40(46)39-29-38(55-44(49)34-13-11-32-27-36(17-15-30(32)25-34)51-21-7-9-23-53-42(47)5-2)19-20-41(39)56-45(50)35-14-12-33-28-37(18-16-31(33)26-35)52-22-8-10-24-54-43(48)6-3/h5-6,11-20,25-29H,2-4,7-10,21-24H2,1H3. The fraction of sp³-hybridized carbons (Fsp3) is 0.222. The summed E-state index contributed by atoms with van der Waals surface area (Å²) >= 11 is 0. The highest BCUT2D eigenvalue weighted by Gasteiger charge is 2.19. The van der Waals surface area contributed by atoms with Crippen LogP contribution in [0.5, 0.6) is 23.0 Å². The number of esters is 4. The van der Waals surface area contributed by atoms with Gasteiger partial charge in [0.1, 0.15) is 23.0 Å². The number of carbonyl (C=O) groups excluding carboxylic acids is 5. The summed E-state index contributed by atoms with van der Waals surface area (Å²) in [6, 6.07) is 25.6. The molecule has 0 unspecified atom stereocenters. The van der Waals surface area contributed by atoms with Gasteiger partial charge in [0.2, 0.25) is 0 Å². The van der Waals surface area contributed by atoms with Crippen molar-refractivity contribution in [3.05, 3.63) is 133 Å². The summed E-state index contributed by atoms with van der Waals surface area (Å²) in [5, 5.41) is 3.30. The molecule has 0 spiro atoms. The van der Waals surface area contributed by atoms with Crippen LogP contribution in [0.25, 0.3) is 21.5 Å². The van der Waals surface area contributed by atoms with Gasteiger partial charge >= 0.3 is 23.9 Å². The van der Waals surface area contributed by atoms with Crippen molar-refractivity contribution in [2.45, 2.75) is 39.0 Å². The minimum absolute atomic E-state index is 0.0459. The fourth-order valence-electron chi connectivity index (χ4n) is 5.53. The van der Waals surface area contributed by atoms with Crippen LogP contribution in [0.2, 0.25) is 0 Å². The van der Waals surface area contributed by atoms with E-state index in [1.165, 1.54) is 18.2 Å². The number of rotatable bonds is 20. The van der Waals surface area contributed by atoms with Crippen LogP contribution < -0.4 is 18.9 Å². The lowest BCUT2D eigenvalue weighted by Gasteiger charge is -2.12. The topological polar surface area (TPSA) is 141 Å². The molecule has 0 atom stereocenters. The fourth-order valence-corrected chi connectivity index (χ4v) is 5.53. The van der Waals surface area contributed by atoms with Crippen LogP contribution in [-0.4, -0.2) is 56.1 Å². The molecule has 288 valence electrons. The van der Waals surface area contributed by atoms with Gasteiger partial charge in [0, 0.05) is 18.6 Å². The minimum Gasteiger partial charge on any atom is -0.494 e. The Morgan fingerprint density at radius 3 is 1.46 bits per heavy atom. The first-order valence-electron chi connectivity index (χ1n) is 18.2. The summed E-state index contributed by atoms with van der Waals surface area (Å²) in [7, 11) is 0. The number of ketones is 1. The van der Waals surface area contributed by atoms with Crippen LogP contribution in [-0.2, 0) is 19.1 Å². The van der Waals surface area contributed by atoms with Crippen molar-refractivity contribution in [1.82, 2.24) is 0 Å². The maximum Gasteiger partial charge on any atom is 0.343 e. The molecule has 5 aromatic rings. The molecule has 56 heavy (non-hydrogen) atoms. The van der Waals surface area contributed by atoms with Gasteiger partial charge in [-0.25, -0.2) is 19.2 Å². The summed E-state index contributed by atoms with van der Waals surface area (Å²) in [5.74, 6) is -0.983. The monoisotopic (exact) mass is 758 g/mol. The number of hydrogen-bond acceptors (Lipinski definition) is 11. The first-order valence-corrected chi connectivity index (χ1v) is 18.2. The van der Waals surface area contributed by atoms with E-state index in [1.54, 1.807) is 55.5 Å². The van der Waals surface area contributed by atoms with E-state index in [0.717, 1.165) is 33.7 Å². The molecule has 0 radical (unpaired) electrons. The van der Waals surface area contributed by atoms with E-state index in [2.05, 4.69) is 13.2 Å². The predicted molar refractivity (Wildman–Crippen MR) is 211 cm³/mol. The maximum absolute atomic E-state index is 13.3. The average molecular weight is 759 g/mol. The molecule has 0 aliphatic rings. The van der Waals surface area contributed by atoms with Crippen molar-refractivity contribution in [2.75, 3.05) is 26.4 Å². The maximum atomic E-state index is 13.3. The largest absolute Gasteiger partial charge is 0.494 e. The second kappa shape index (κ2) is 20.1. The second-order valence-electron chi connectivity index (χ2n) is 12.5. The Hall–Kier alpha value is -6.75. The Balaban J connectivity index is 1.18. The zero-order chi connectivity index (χ0) is 39.9. The highest BCUT2D eigenvalue weighted by atomic mass is 16.5. The van der Waals surface area contributed by atoms with Gasteiger partial charge in [-0.05, 0) is 114 Å². The van der Waals surface area contributed by atoms with Gasteiger partial charge in [-0.15, -0.1) is 0 Å². The molecule has 0 aliphatic heterocycles. The highest BCUT2D eigenvalue weighted by molar-refractivity contribution is 6.02. The van der Waals surface area contributed by atoms with E-state index in [-0.39, 0.29) is 34.8 Å². The van der Waals surface area contributed by atoms with E-state index in [0.29, 0.717) is 69.2 Å². The van der Waals surface area contributed by atoms with Gasteiger partial charge in [-0.1, -0.05) is 44.3 Å². The Labute approximate surface area is 324 Å². The first kappa shape index (κ1) is 40.4. The third-order valence-electron chi connectivity index (χ3n) is 8.52. The van der Waals surface area contributed by atoms with Crippen molar-refractivity contribution >= 4 is 51.2 Å². The van der Waals surface area contributed by atoms with Crippen molar-refractivity contribution in [1.29, 1.82) is 0 Å². The first-order chi connectivity index (χ1) is 27.2. The van der Waals surface area contributed by atoms with Crippen LogP contribution in [0.4, 0.5) is 0 Å². The van der Waals surface area contributed by atoms with Crippen LogP contribution >= 0.6 is 0 Å². The van der Waals surface area contributed by atoms with E-state index < -0.39 is 23.9 Å². The Bertz CT molecular complexity index is 2250. The Morgan fingerprint density at radius 2 is 0.964 bits per heavy atom. The lowest BCUT2D eigenvalue weighted by molar-refractivity contribution is -0.138. The predicted octanol–water partition coefficient (Wildman–Crippen LogP) is 8.80. The number of unbranched alkanes of at least 4 members (excludes halogenated alkanes) is 2. The van der Waals surface area contributed by atoms with Gasteiger partial charge in [0.05, 0.1) is 43.1 Å². The normalized spacial score (nSPS) is 10.7. The van der Waals surface area contributed by atoms with Crippen LogP contribution in [0.1, 0.15) is 70.1 Å². The molecular formula is C45H42O11. The quantitative estimate of drug-likeness (QED) is 0.0247. The minimum atomic E-state index is -0.657. The van der Waals surface area contributed by atoms with Gasteiger partial charge in [0.25, 0.3) is 0 Å². The molecule has 0 N–H and O–H groups in total. The van der Waals surface area contributed by atoms with Crippen LogP contribution in [0.3, 0.4) is 0 Å². The number of ether oxygens (including phenoxy) is 6. The van der Waals surface area contributed by atoms with Crippen molar-refractivity contribution in [2.24, 2.45) is 0 Å². The van der Waals surface area contributed by atoms with Gasteiger partial charge in [-0.2, -0.15) is 0 Å². The molecule has 5 aromatic carbocycles. The summed E-state index contributed by atoms with van der Waals surface area (Å²) < 4.78 is 32.9. The lowest BCUT2D eigenvalue weighted by atomic mass is 10.1. The summed E-state index contributed by atoms with van der Waals surface area (Å²) in [5.41, 5.74) is 0.693. The number of Topliss-reactive ketones (excluding diaryl/α,β-unsaturated/α-hetero) is 1. The zero-order valence-corrected chi connectivity index (χ0v) is 31.1. The molecule has 0 heterocycles. The Morgan fingerprint density at radius 1 is 0.518 bits per heavy atom. The molecule has 0 saturated carbocycles. The number of hydrogen-bond donors (Lipinski definition) is 0. The van der Waals surface area contributed by atoms with Crippen LogP contribution in [0, 0.1) is 0 Å². The Kier molecular flexibility index (Phi) is 14.5. The van der Waals surface area contributed by atoms with Gasteiger partial charge in [0.15, 0.2) is 5.78 Å². The smallest absolute Gasteiger partial charge is 0.343 e. The molecule has 11 heteroatoms. The van der Waals surface area contributed by atoms with Crippen molar-refractivity contribution in [3.8, 4) is 23.0 Å². The van der Waals surface area contributed by atoms with Crippen molar-refractivity contribution < 1.29 is 52.4 Å². The van der Waals surface area contributed by atoms with Crippen molar-refractivity contribution in [3.63, 3.8) is 0 Å². The number of fused-ring (bicyclic) bond motifs is 2. The molecule has 0 aromatic heterocycles. The molecule has 5 rings (SSSR count). The molecular weight excluding hydrogens is 716 g/mol. The average Bonchev–Trinajstić information content (AvgIpc) is 3.22. The molecule has 0 saturated heterocycles. The SMILES string of the molecule is C=CC(=O)OCCCCOc1ccc2cc(C(=O)Oc3ccc(OC(=O)c4ccc5cc(OCCCCOC(=O)C=C)ccc5c4)c(C(=O)CC)c3)ccc2c1. The summed E-state index contributed by atoms with van der Waals surface area (Å²) in [6.45, 7) is 9.91. The second-order valence-corrected chi connectivity index (χ2v) is 12.5. The number of carbonyl (C=O) groups is 5. The molecule has 11 nitrogen and oxygen atoms in total. The molecule has 0 fully saturated rings. The van der Waals surface area contributed by atoms with E-state index in [9.17, 15) is 24.0 Å². The molecule has 0 bridgehead atoms. The van der Waals surface area contributed by atoms with E-state index in [1.807, 2.05) is 24.3 Å². The molecule has 0 amide bonds. The lowest BCUT2D eigenvalue weighted by Crippen LogP contribution is -2.13. The summed E-state index contributed by atoms with van der Waals surface area (Å²) in [4.78, 5) is 61.7. The molecule has 0 aliphatic carbocycles. The third-order valence-corrected chi connectivity index (χ3v) is 8.52. The van der Waals surface area contributed by atoms with Crippen LogP contribution in [0.15, 0.2) is 116 Å². The summed E-state index contributed by atoms with van der Waals surface area (Å²) in [6.07, 6.45) is 5.11. The van der Waals surface area contributed by atoms with Gasteiger partial charge in [-0.3, -0.25) is 4.79 Å². The number of benzene rings is 5. The zero-order valence-electron chi connectivity index (χ0n) is 31.1. The third kappa shape index (κ3) is 11.4. The van der Waals surface area contributed by atoms with Gasteiger partial charge < -0.3 is 28.4 Å². The van der Waals surface area contributed by atoms with E-state index in [4.69, 9.17) is 28.4 Å². The highest BCUT2D eigenvalue weighted by Crippen LogP contribution is 2.29. The van der Waals surface area contributed by atoms with E-state index >= 15 is 0 Å².